The Bertz CT molecular complexity index is 559. The molecule has 0 amide bonds. The zero-order chi connectivity index (χ0) is 12.5. The second kappa shape index (κ2) is 4.23. The first-order chi connectivity index (χ1) is 8.74. The zero-order valence-corrected chi connectivity index (χ0v) is 9.71. The molecule has 4 N–H and O–H groups in total. The topological polar surface area (TPSA) is 90.8 Å². The number of aromatic amines is 1. The molecule has 2 aromatic rings. The summed E-state index contributed by atoms with van der Waals surface area (Å²) >= 11 is 0. The van der Waals surface area contributed by atoms with E-state index in [1.807, 2.05) is 12.1 Å². The van der Waals surface area contributed by atoms with Crippen molar-refractivity contribution in [2.45, 2.75) is 12.6 Å². The molecule has 0 aliphatic carbocycles. The first-order valence-corrected chi connectivity index (χ1v) is 5.73. The van der Waals surface area contributed by atoms with Gasteiger partial charge in [0.05, 0.1) is 12.6 Å². The van der Waals surface area contributed by atoms with Crippen molar-refractivity contribution in [1.29, 1.82) is 0 Å². The second-order valence-corrected chi connectivity index (χ2v) is 4.21. The van der Waals surface area contributed by atoms with Gasteiger partial charge in [0, 0.05) is 18.5 Å². The molecule has 6 heteroatoms. The number of aliphatic imine (C=N–C) groups is 1. The summed E-state index contributed by atoms with van der Waals surface area (Å²) < 4.78 is 5.25. The van der Waals surface area contributed by atoms with Crippen LogP contribution in [0.5, 0.6) is 0 Å². The van der Waals surface area contributed by atoms with Crippen LogP contribution in [0.4, 0.5) is 11.6 Å². The third kappa shape index (κ3) is 1.86. The molecular formula is C12H14N4O2. The number of aliphatic hydroxyl groups excluding tert-OH is 1. The third-order valence-corrected chi connectivity index (χ3v) is 2.97. The number of anilines is 1. The van der Waals surface area contributed by atoms with Crippen molar-refractivity contribution < 1.29 is 9.52 Å². The van der Waals surface area contributed by atoms with Gasteiger partial charge in [-0.25, -0.2) is 4.99 Å². The molecule has 0 saturated heterocycles. The Kier molecular flexibility index (Phi) is 2.56. The van der Waals surface area contributed by atoms with Crippen LogP contribution in [0.25, 0.3) is 0 Å². The lowest BCUT2D eigenvalue weighted by Crippen LogP contribution is -2.31. The molecule has 6 nitrogen and oxygen atoms in total. The highest BCUT2D eigenvalue weighted by Gasteiger charge is 2.24. The minimum Gasteiger partial charge on any atom is -0.469 e. The lowest BCUT2D eigenvalue weighted by atomic mass is 10.2. The quantitative estimate of drug-likeness (QED) is 0.763. The fourth-order valence-electron chi connectivity index (χ4n) is 2.03. The summed E-state index contributed by atoms with van der Waals surface area (Å²) in [5.74, 6) is 2.01. The molecule has 1 atom stereocenters. The number of hydrogen-bond donors (Lipinski definition) is 3. The van der Waals surface area contributed by atoms with Gasteiger partial charge in [-0.15, -0.1) is 0 Å². The molecule has 0 radical (unpaired) electrons. The van der Waals surface area contributed by atoms with Crippen LogP contribution in [-0.4, -0.2) is 27.9 Å². The number of fused-ring (bicyclic) bond motifs is 1. The molecule has 0 aromatic carbocycles. The van der Waals surface area contributed by atoms with E-state index in [4.69, 9.17) is 10.2 Å². The Morgan fingerprint density at radius 1 is 1.56 bits per heavy atom. The van der Waals surface area contributed by atoms with Crippen LogP contribution in [0.3, 0.4) is 0 Å². The first kappa shape index (κ1) is 10.9. The number of nitrogens with two attached hydrogens (primary N) is 1. The summed E-state index contributed by atoms with van der Waals surface area (Å²) in [6.45, 7) is 0.628. The van der Waals surface area contributed by atoms with Gasteiger partial charge < -0.3 is 25.1 Å². The second-order valence-electron chi connectivity index (χ2n) is 4.21. The van der Waals surface area contributed by atoms with E-state index in [1.165, 1.54) is 0 Å². The van der Waals surface area contributed by atoms with E-state index < -0.39 is 6.23 Å². The number of nitrogen functional groups attached to an aromatic ring is 1. The molecule has 3 heterocycles. The van der Waals surface area contributed by atoms with E-state index in [-0.39, 0.29) is 0 Å². The maximum Gasteiger partial charge on any atom is 0.157 e. The molecule has 1 aliphatic heterocycles. The van der Waals surface area contributed by atoms with E-state index in [0.29, 0.717) is 30.2 Å². The summed E-state index contributed by atoms with van der Waals surface area (Å²) in [7, 11) is 0. The van der Waals surface area contributed by atoms with E-state index in [9.17, 15) is 5.11 Å². The van der Waals surface area contributed by atoms with Gasteiger partial charge in [0.2, 0.25) is 0 Å². The van der Waals surface area contributed by atoms with Crippen molar-refractivity contribution >= 4 is 18.0 Å². The molecule has 0 spiro atoms. The number of hydrogen-bond acceptors (Lipinski definition) is 5. The number of H-pyrrole nitrogens is 1. The summed E-state index contributed by atoms with van der Waals surface area (Å²) in [4.78, 5) is 8.86. The summed E-state index contributed by atoms with van der Waals surface area (Å²) in [5.41, 5.74) is 6.35. The minimum absolute atomic E-state index is 0.504. The van der Waals surface area contributed by atoms with Gasteiger partial charge in [0.1, 0.15) is 17.4 Å². The Hall–Kier alpha value is -2.21. The Labute approximate surface area is 104 Å². The van der Waals surface area contributed by atoms with Gasteiger partial charge in [-0.05, 0) is 18.2 Å². The third-order valence-electron chi connectivity index (χ3n) is 2.97. The van der Waals surface area contributed by atoms with Crippen LogP contribution in [0.15, 0.2) is 33.9 Å². The van der Waals surface area contributed by atoms with Crippen molar-refractivity contribution in [3.8, 4) is 0 Å². The SMILES string of the molecule is Nc1cc2c([nH]1)N=CN(CCc1ccco1)C2O. The van der Waals surface area contributed by atoms with Crippen molar-refractivity contribution in [3.05, 3.63) is 35.8 Å². The van der Waals surface area contributed by atoms with Gasteiger partial charge in [-0.1, -0.05) is 0 Å². The van der Waals surface area contributed by atoms with E-state index in [1.54, 1.807) is 23.6 Å². The summed E-state index contributed by atoms with van der Waals surface area (Å²) in [6.07, 6.45) is 3.25. The fourth-order valence-corrected chi connectivity index (χ4v) is 2.03. The predicted octanol–water partition coefficient (Wildman–Crippen LogP) is 1.40. The molecule has 0 bridgehead atoms. The lowest BCUT2D eigenvalue weighted by Gasteiger charge is -2.27. The molecule has 0 saturated carbocycles. The number of furan rings is 1. The van der Waals surface area contributed by atoms with Gasteiger partial charge in [0.25, 0.3) is 0 Å². The number of nitrogens with zero attached hydrogens (tertiary/aromatic N) is 2. The largest absolute Gasteiger partial charge is 0.469 e. The van der Waals surface area contributed by atoms with Crippen molar-refractivity contribution in [3.63, 3.8) is 0 Å². The Balaban J connectivity index is 1.72. The minimum atomic E-state index is -0.721. The van der Waals surface area contributed by atoms with Gasteiger partial charge in [0.15, 0.2) is 6.23 Å². The predicted molar refractivity (Wildman–Crippen MR) is 67.4 cm³/mol. The number of rotatable bonds is 3. The summed E-state index contributed by atoms with van der Waals surface area (Å²) in [6, 6.07) is 5.46. The first-order valence-electron chi connectivity index (χ1n) is 5.73. The van der Waals surface area contributed by atoms with E-state index in [2.05, 4.69) is 9.98 Å². The van der Waals surface area contributed by atoms with Crippen molar-refractivity contribution in [2.75, 3.05) is 12.3 Å². The molecule has 18 heavy (non-hydrogen) atoms. The van der Waals surface area contributed by atoms with Crippen molar-refractivity contribution in [2.24, 2.45) is 4.99 Å². The van der Waals surface area contributed by atoms with Crippen LogP contribution in [0, 0.1) is 0 Å². The molecule has 1 aliphatic rings. The standard InChI is InChI=1S/C12H14N4O2/c13-10-6-9-11(15-10)14-7-16(12(9)17)4-3-8-2-1-5-18-8/h1-2,5-7,12,15,17H,3-4,13H2. The average molecular weight is 246 g/mol. The van der Waals surface area contributed by atoms with E-state index >= 15 is 0 Å². The highest BCUT2D eigenvalue weighted by Crippen LogP contribution is 2.32. The Morgan fingerprint density at radius 2 is 2.44 bits per heavy atom. The van der Waals surface area contributed by atoms with Crippen LogP contribution in [0.1, 0.15) is 17.6 Å². The normalized spacial score (nSPS) is 18.1. The zero-order valence-electron chi connectivity index (χ0n) is 9.71. The molecule has 0 fully saturated rings. The van der Waals surface area contributed by atoms with Gasteiger partial charge in [-0.3, -0.25) is 0 Å². The van der Waals surface area contributed by atoms with Crippen LogP contribution >= 0.6 is 0 Å². The maximum absolute atomic E-state index is 10.2. The lowest BCUT2D eigenvalue weighted by molar-refractivity contribution is 0.0544. The van der Waals surface area contributed by atoms with Crippen LogP contribution < -0.4 is 5.73 Å². The summed E-state index contributed by atoms with van der Waals surface area (Å²) in [5, 5.41) is 10.2. The smallest absolute Gasteiger partial charge is 0.157 e. The highest BCUT2D eigenvalue weighted by molar-refractivity contribution is 5.68. The fraction of sp³-hybridized carbons (Fsp3) is 0.250. The van der Waals surface area contributed by atoms with Crippen molar-refractivity contribution in [1.82, 2.24) is 9.88 Å². The highest BCUT2D eigenvalue weighted by atomic mass is 16.3. The Morgan fingerprint density at radius 3 is 3.22 bits per heavy atom. The van der Waals surface area contributed by atoms with Gasteiger partial charge in [-0.2, -0.15) is 0 Å². The van der Waals surface area contributed by atoms with Gasteiger partial charge >= 0.3 is 0 Å². The molecule has 2 aromatic heterocycles. The monoisotopic (exact) mass is 246 g/mol. The average Bonchev–Trinajstić information content (AvgIpc) is 2.97. The maximum atomic E-state index is 10.2. The van der Waals surface area contributed by atoms with Crippen LogP contribution in [-0.2, 0) is 6.42 Å². The molecule has 1 unspecified atom stereocenters. The molecule has 3 rings (SSSR count). The van der Waals surface area contributed by atoms with Crippen LogP contribution in [0.2, 0.25) is 0 Å². The van der Waals surface area contributed by atoms with E-state index in [0.717, 1.165) is 5.76 Å². The number of aliphatic hydroxyl groups is 1. The number of nitrogens with one attached hydrogen (secondary N) is 1. The molecular weight excluding hydrogens is 232 g/mol. The number of aromatic nitrogens is 1. The molecule has 94 valence electrons.